The third-order valence-corrected chi connectivity index (χ3v) is 7.08. The van der Waals surface area contributed by atoms with Crippen LogP contribution in [-0.4, -0.2) is 61.5 Å². The van der Waals surface area contributed by atoms with Crippen LogP contribution in [0.4, 0.5) is 26.2 Å². The summed E-state index contributed by atoms with van der Waals surface area (Å²) in [6.45, 7) is 12.8. The Morgan fingerprint density at radius 2 is 1.82 bits per heavy atom. The summed E-state index contributed by atoms with van der Waals surface area (Å²) in [5.74, 6) is 0.0886. The summed E-state index contributed by atoms with van der Waals surface area (Å²) in [6, 6.07) is 6.56. The lowest BCUT2D eigenvalue weighted by Gasteiger charge is -2.23. The van der Waals surface area contributed by atoms with E-state index < -0.39 is 11.6 Å². The largest absolute Gasteiger partial charge is 0.326 e. The van der Waals surface area contributed by atoms with Gasteiger partial charge in [-0.25, -0.2) is 28.7 Å². The molecule has 1 aromatic carbocycles. The highest BCUT2D eigenvalue weighted by Gasteiger charge is 2.23. The van der Waals surface area contributed by atoms with E-state index >= 15 is 4.39 Å². The summed E-state index contributed by atoms with van der Waals surface area (Å²) in [6.07, 6.45) is 1.51. The van der Waals surface area contributed by atoms with Gasteiger partial charge in [0.1, 0.15) is 22.9 Å². The van der Waals surface area contributed by atoms with Crippen LogP contribution in [0.3, 0.4) is 0 Å². The van der Waals surface area contributed by atoms with Crippen molar-refractivity contribution in [3.63, 3.8) is 0 Å². The number of fused-ring (bicyclic) bond motifs is 1. The van der Waals surface area contributed by atoms with Gasteiger partial charge < -0.3 is 19.7 Å². The van der Waals surface area contributed by atoms with Gasteiger partial charge in [-0.3, -0.25) is 4.79 Å². The monoisotopic (exact) mass is 534 g/mol. The van der Waals surface area contributed by atoms with E-state index in [9.17, 15) is 9.18 Å². The van der Waals surface area contributed by atoms with Gasteiger partial charge >= 0.3 is 0 Å². The number of hydrogen-bond donors (Lipinski definition) is 1. The first-order chi connectivity index (χ1) is 18.7. The van der Waals surface area contributed by atoms with Crippen molar-refractivity contribution >= 4 is 34.4 Å². The minimum Gasteiger partial charge on any atom is -0.326 e. The average molecular weight is 535 g/mol. The van der Waals surface area contributed by atoms with Gasteiger partial charge in [0.2, 0.25) is 11.9 Å². The van der Waals surface area contributed by atoms with E-state index in [0.717, 1.165) is 31.5 Å². The van der Waals surface area contributed by atoms with Crippen LogP contribution in [0, 0.1) is 25.5 Å². The second-order valence-electron chi connectivity index (χ2n) is 9.99. The molecular weight excluding hydrogens is 502 g/mol. The molecule has 1 fully saturated rings. The standard InChI is InChI=1S/C28H32F2N8O/c1-6-36-10-9-25(39)37(12-11-36)22-7-8-24(32-17(22)4)34-28-31-15-21(30)26(35-28)19-13-20(29)27-23(14-19)38(16(2)3)18(5)33-27/h7-8,13-16H,6,9-12H2,1-5H3,(H,31,32,34,35). The first kappa shape index (κ1) is 26.6. The molecule has 0 spiro atoms. The van der Waals surface area contributed by atoms with Crippen molar-refractivity contribution in [1.29, 1.82) is 0 Å². The van der Waals surface area contributed by atoms with E-state index in [1.165, 1.54) is 6.07 Å². The predicted octanol–water partition coefficient (Wildman–Crippen LogP) is 5.17. The highest BCUT2D eigenvalue weighted by atomic mass is 19.1. The van der Waals surface area contributed by atoms with Crippen LogP contribution in [0.2, 0.25) is 0 Å². The molecule has 1 saturated heterocycles. The Kier molecular flexibility index (Phi) is 7.26. The molecule has 1 aliphatic heterocycles. The number of aryl methyl sites for hydroxylation is 2. The van der Waals surface area contributed by atoms with Crippen LogP contribution < -0.4 is 10.2 Å². The van der Waals surface area contributed by atoms with Crippen molar-refractivity contribution in [3.05, 3.63) is 53.6 Å². The lowest BCUT2D eigenvalue weighted by molar-refractivity contribution is -0.118. The van der Waals surface area contributed by atoms with E-state index in [0.29, 0.717) is 35.8 Å². The number of pyridine rings is 1. The number of amides is 1. The Labute approximate surface area is 225 Å². The molecule has 1 N–H and O–H groups in total. The van der Waals surface area contributed by atoms with E-state index in [-0.39, 0.29) is 34.7 Å². The van der Waals surface area contributed by atoms with Gasteiger partial charge in [0.05, 0.1) is 23.1 Å². The van der Waals surface area contributed by atoms with Gasteiger partial charge in [-0.1, -0.05) is 6.92 Å². The van der Waals surface area contributed by atoms with Gasteiger partial charge in [0.15, 0.2) is 11.6 Å². The van der Waals surface area contributed by atoms with Gasteiger partial charge in [-0.15, -0.1) is 0 Å². The van der Waals surface area contributed by atoms with E-state index in [2.05, 4.69) is 37.1 Å². The van der Waals surface area contributed by atoms with E-state index in [4.69, 9.17) is 0 Å². The molecule has 3 aromatic heterocycles. The number of benzene rings is 1. The topological polar surface area (TPSA) is 92.1 Å². The van der Waals surface area contributed by atoms with Gasteiger partial charge in [-0.05, 0) is 58.5 Å². The molecule has 1 amide bonds. The van der Waals surface area contributed by atoms with Crippen LogP contribution in [0.1, 0.15) is 44.8 Å². The normalized spacial score (nSPS) is 14.9. The Morgan fingerprint density at radius 3 is 2.54 bits per heavy atom. The molecule has 1 aliphatic rings. The van der Waals surface area contributed by atoms with Crippen LogP contribution in [0.15, 0.2) is 30.5 Å². The number of aromatic nitrogens is 5. The Hall–Kier alpha value is -3.99. The van der Waals surface area contributed by atoms with Crippen molar-refractivity contribution < 1.29 is 13.6 Å². The number of hydrogen-bond acceptors (Lipinski definition) is 7. The fraction of sp³-hybridized carbons (Fsp3) is 0.393. The van der Waals surface area contributed by atoms with Crippen molar-refractivity contribution in [2.45, 2.75) is 47.1 Å². The Balaban J connectivity index is 1.43. The number of nitrogens with zero attached hydrogens (tertiary/aromatic N) is 7. The summed E-state index contributed by atoms with van der Waals surface area (Å²) in [5, 5.41) is 3.01. The zero-order valence-corrected chi connectivity index (χ0v) is 22.8. The molecule has 0 radical (unpaired) electrons. The molecule has 0 unspecified atom stereocenters. The van der Waals surface area contributed by atoms with E-state index in [1.54, 1.807) is 17.0 Å². The quantitative estimate of drug-likeness (QED) is 0.365. The second-order valence-corrected chi connectivity index (χ2v) is 9.99. The highest BCUT2D eigenvalue weighted by molar-refractivity contribution is 5.94. The molecule has 11 heteroatoms. The number of halogens is 2. The zero-order valence-electron chi connectivity index (χ0n) is 22.8. The fourth-order valence-corrected chi connectivity index (χ4v) is 5.15. The molecule has 39 heavy (non-hydrogen) atoms. The van der Waals surface area contributed by atoms with Crippen LogP contribution >= 0.6 is 0 Å². The zero-order chi connectivity index (χ0) is 27.8. The molecule has 0 aliphatic carbocycles. The van der Waals surface area contributed by atoms with Crippen molar-refractivity contribution in [2.24, 2.45) is 0 Å². The minimum atomic E-state index is -0.674. The molecule has 204 valence electrons. The summed E-state index contributed by atoms with van der Waals surface area (Å²) in [5.41, 5.74) is 2.48. The Bertz CT molecular complexity index is 1550. The first-order valence-corrected chi connectivity index (χ1v) is 13.1. The SMILES string of the molecule is CCN1CCC(=O)N(c2ccc(Nc3ncc(F)c(-c4cc(F)c5nc(C)n(C(C)C)c5c4)n3)nc2C)CC1. The lowest BCUT2D eigenvalue weighted by atomic mass is 10.1. The van der Waals surface area contributed by atoms with Gasteiger partial charge in [-0.2, -0.15) is 0 Å². The second kappa shape index (κ2) is 10.6. The maximum atomic E-state index is 15.0. The third-order valence-electron chi connectivity index (χ3n) is 7.08. The number of nitrogens with one attached hydrogen (secondary N) is 1. The molecule has 0 bridgehead atoms. The van der Waals surface area contributed by atoms with Gasteiger partial charge in [0, 0.05) is 37.7 Å². The van der Waals surface area contributed by atoms with Crippen LogP contribution in [0.5, 0.6) is 0 Å². The minimum absolute atomic E-state index is 0.0357. The molecule has 0 saturated carbocycles. The number of rotatable bonds is 6. The van der Waals surface area contributed by atoms with Crippen molar-refractivity contribution in [3.8, 4) is 11.3 Å². The number of carbonyl (C=O) groups is 1. The average Bonchev–Trinajstić information content (AvgIpc) is 3.13. The van der Waals surface area contributed by atoms with E-state index in [1.807, 2.05) is 38.3 Å². The van der Waals surface area contributed by atoms with Crippen molar-refractivity contribution in [2.75, 3.05) is 36.4 Å². The summed E-state index contributed by atoms with van der Waals surface area (Å²) < 4.78 is 31.8. The molecule has 5 rings (SSSR count). The maximum Gasteiger partial charge on any atom is 0.229 e. The van der Waals surface area contributed by atoms with Crippen LogP contribution in [0.25, 0.3) is 22.3 Å². The smallest absolute Gasteiger partial charge is 0.229 e. The van der Waals surface area contributed by atoms with Crippen molar-refractivity contribution in [1.82, 2.24) is 29.4 Å². The molecule has 4 aromatic rings. The van der Waals surface area contributed by atoms with Gasteiger partial charge in [0.25, 0.3) is 0 Å². The Morgan fingerprint density at radius 1 is 1.03 bits per heavy atom. The maximum absolute atomic E-state index is 15.0. The van der Waals surface area contributed by atoms with Crippen LogP contribution in [-0.2, 0) is 4.79 Å². The number of carbonyl (C=O) groups excluding carboxylic acids is 1. The molecule has 4 heterocycles. The number of imidazole rings is 1. The molecular formula is C28H32F2N8O. The predicted molar refractivity (Wildman–Crippen MR) is 147 cm³/mol. The summed E-state index contributed by atoms with van der Waals surface area (Å²) >= 11 is 0. The number of likely N-dealkylation sites (N-methyl/N-ethyl adjacent to an activating group) is 1. The summed E-state index contributed by atoms with van der Waals surface area (Å²) in [4.78, 5) is 34.1. The first-order valence-electron chi connectivity index (χ1n) is 13.1. The molecule has 9 nitrogen and oxygen atoms in total. The lowest BCUT2D eigenvalue weighted by Crippen LogP contribution is -2.33. The molecule has 0 atom stereocenters. The summed E-state index contributed by atoms with van der Waals surface area (Å²) in [7, 11) is 0. The fourth-order valence-electron chi connectivity index (χ4n) is 5.15. The highest BCUT2D eigenvalue weighted by Crippen LogP contribution is 2.31. The third kappa shape index (κ3) is 5.18. The number of anilines is 3.